The summed E-state index contributed by atoms with van der Waals surface area (Å²) < 4.78 is 0. The summed E-state index contributed by atoms with van der Waals surface area (Å²) in [7, 11) is 0. The van der Waals surface area contributed by atoms with Gasteiger partial charge in [-0.2, -0.15) is 0 Å². The zero-order chi connectivity index (χ0) is 18.1. The number of amides is 1. The van der Waals surface area contributed by atoms with E-state index in [2.05, 4.69) is 20.6 Å². The lowest BCUT2D eigenvalue weighted by molar-refractivity contribution is -0.116. The highest BCUT2D eigenvalue weighted by Gasteiger charge is 2.06. The molecular weight excluding hydrogens is 465 g/mol. The van der Waals surface area contributed by atoms with Crippen molar-refractivity contribution in [2.24, 2.45) is 10.7 Å². The molecule has 1 aromatic heterocycles. The van der Waals surface area contributed by atoms with E-state index < -0.39 is 0 Å². The Morgan fingerprint density at radius 1 is 1.27 bits per heavy atom. The number of hydrogen-bond acceptors (Lipinski definition) is 3. The van der Waals surface area contributed by atoms with Gasteiger partial charge in [0.15, 0.2) is 5.96 Å². The van der Waals surface area contributed by atoms with Crippen LogP contribution in [0.3, 0.4) is 0 Å². The molecule has 1 aromatic carbocycles. The molecule has 8 heteroatoms. The van der Waals surface area contributed by atoms with Crippen LogP contribution in [0.5, 0.6) is 0 Å². The Bertz CT molecular complexity index is 740. The van der Waals surface area contributed by atoms with Crippen LogP contribution in [0.25, 0.3) is 0 Å². The van der Waals surface area contributed by atoms with Crippen LogP contribution in [0.1, 0.15) is 17.7 Å². The summed E-state index contributed by atoms with van der Waals surface area (Å²) in [6, 6.07) is 11.2. The van der Waals surface area contributed by atoms with Crippen LogP contribution in [0, 0.1) is 6.92 Å². The molecule has 0 unspecified atom stereocenters. The fourth-order valence-corrected chi connectivity index (χ4v) is 2.33. The molecule has 0 spiro atoms. The zero-order valence-corrected chi connectivity index (χ0v) is 17.6. The van der Waals surface area contributed by atoms with Gasteiger partial charge in [0.25, 0.3) is 0 Å². The quantitative estimate of drug-likeness (QED) is 0.318. The predicted molar refractivity (Wildman–Crippen MR) is 117 cm³/mol. The SMILES string of the molecule is Cc1c(Cl)cccc1NC(=O)CCN=C(N)NCCc1ccccn1.I. The lowest BCUT2D eigenvalue weighted by Gasteiger charge is -2.09. The number of guanidine groups is 1. The third-order valence-corrected chi connectivity index (χ3v) is 3.99. The van der Waals surface area contributed by atoms with Gasteiger partial charge in [-0.15, -0.1) is 24.0 Å². The van der Waals surface area contributed by atoms with E-state index in [4.69, 9.17) is 17.3 Å². The maximum Gasteiger partial charge on any atom is 0.226 e. The number of nitrogens with zero attached hydrogens (tertiary/aromatic N) is 2. The fourth-order valence-electron chi connectivity index (χ4n) is 2.15. The minimum Gasteiger partial charge on any atom is -0.370 e. The Kier molecular flexibility index (Phi) is 9.97. The maximum atomic E-state index is 12.0. The van der Waals surface area contributed by atoms with Crippen molar-refractivity contribution < 1.29 is 4.79 Å². The molecule has 0 aliphatic rings. The molecule has 0 atom stereocenters. The number of aliphatic imine (C=N–C) groups is 1. The van der Waals surface area contributed by atoms with Gasteiger partial charge in [-0.25, -0.2) is 0 Å². The summed E-state index contributed by atoms with van der Waals surface area (Å²) in [5, 5.41) is 6.46. The molecule has 26 heavy (non-hydrogen) atoms. The van der Waals surface area contributed by atoms with Crippen molar-refractivity contribution >= 4 is 53.1 Å². The van der Waals surface area contributed by atoms with E-state index in [1.807, 2.05) is 31.2 Å². The maximum absolute atomic E-state index is 12.0. The average Bonchev–Trinajstić information content (AvgIpc) is 2.60. The summed E-state index contributed by atoms with van der Waals surface area (Å²) in [6.07, 6.45) is 2.76. The molecule has 0 fully saturated rings. The number of benzene rings is 1. The molecule has 0 radical (unpaired) electrons. The highest BCUT2D eigenvalue weighted by Crippen LogP contribution is 2.22. The van der Waals surface area contributed by atoms with Crippen LogP contribution in [-0.2, 0) is 11.2 Å². The highest BCUT2D eigenvalue weighted by molar-refractivity contribution is 14.0. The van der Waals surface area contributed by atoms with Crippen molar-refractivity contribution in [3.05, 3.63) is 58.9 Å². The van der Waals surface area contributed by atoms with Gasteiger partial charge in [-0.1, -0.05) is 23.7 Å². The van der Waals surface area contributed by atoms with Crippen LogP contribution in [0.15, 0.2) is 47.6 Å². The number of nitrogens with one attached hydrogen (secondary N) is 2. The first-order valence-electron chi connectivity index (χ1n) is 8.05. The fraction of sp³-hybridized carbons (Fsp3) is 0.278. The number of rotatable bonds is 7. The van der Waals surface area contributed by atoms with Crippen molar-refractivity contribution in [2.45, 2.75) is 19.8 Å². The number of aromatic nitrogens is 1. The Hall–Kier alpha value is -1.87. The topological polar surface area (TPSA) is 92.4 Å². The van der Waals surface area contributed by atoms with E-state index >= 15 is 0 Å². The van der Waals surface area contributed by atoms with E-state index in [1.54, 1.807) is 18.3 Å². The van der Waals surface area contributed by atoms with Crippen molar-refractivity contribution in [1.82, 2.24) is 10.3 Å². The molecule has 4 N–H and O–H groups in total. The Morgan fingerprint density at radius 2 is 2.08 bits per heavy atom. The summed E-state index contributed by atoms with van der Waals surface area (Å²) in [5.74, 6) is 0.193. The number of anilines is 1. The first-order valence-corrected chi connectivity index (χ1v) is 8.42. The van der Waals surface area contributed by atoms with E-state index in [-0.39, 0.29) is 36.3 Å². The van der Waals surface area contributed by atoms with E-state index in [0.717, 1.165) is 17.7 Å². The predicted octanol–water partition coefficient (Wildman–Crippen LogP) is 3.14. The summed E-state index contributed by atoms with van der Waals surface area (Å²) >= 11 is 6.03. The molecule has 1 heterocycles. The van der Waals surface area contributed by atoms with E-state index in [0.29, 0.717) is 29.8 Å². The molecule has 0 aliphatic carbocycles. The van der Waals surface area contributed by atoms with Crippen molar-refractivity contribution in [1.29, 1.82) is 0 Å². The second-order valence-electron chi connectivity index (χ2n) is 5.48. The monoisotopic (exact) mass is 487 g/mol. The van der Waals surface area contributed by atoms with Crippen LogP contribution in [-0.4, -0.2) is 29.9 Å². The van der Waals surface area contributed by atoms with Gasteiger partial charge in [0, 0.05) is 42.0 Å². The first-order chi connectivity index (χ1) is 12.1. The summed E-state index contributed by atoms with van der Waals surface area (Å²) in [4.78, 5) is 20.3. The number of carbonyl (C=O) groups excluding carboxylic acids is 1. The van der Waals surface area contributed by atoms with Gasteiger partial charge < -0.3 is 16.4 Å². The Morgan fingerprint density at radius 3 is 2.81 bits per heavy atom. The van der Waals surface area contributed by atoms with Gasteiger partial charge in [0.05, 0.1) is 6.54 Å². The highest BCUT2D eigenvalue weighted by atomic mass is 127. The van der Waals surface area contributed by atoms with Gasteiger partial charge in [0.2, 0.25) is 5.91 Å². The second kappa shape index (κ2) is 11.7. The third kappa shape index (κ3) is 7.57. The molecular formula is C18H23ClIN5O. The molecule has 2 aromatic rings. The molecule has 1 amide bonds. The van der Waals surface area contributed by atoms with Gasteiger partial charge in [0.1, 0.15) is 0 Å². The average molecular weight is 488 g/mol. The first kappa shape index (κ1) is 22.2. The smallest absolute Gasteiger partial charge is 0.226 e. The van der Waals surface area contributed by atoms with Gasteiger partial charge in [-0.05, 0) is 36.8 Å². The van der Waals surface area contributed by atoms with Gasteiger partial charge >= 0.3 is 0 Å². The molecule has 2 rings (SSSR count). The molecule has 0 bridgehead atoms. The minimum atomic E-state index is -0.129. The summed E-state index contributed by atoms with van der Waals surface area (Å²) in [6.45, 7) is 2.81. The molecule has 6 nitrogen and oxygen atoms in total. The Labute approximate surface area is 175 Å². The van der Waals surface area contributed by atoms with Crippen LogP contribution >= 0.6 is 35.6 Å². The Balaban J connectivity index is 0.00000338. The van der Waals surface area contributed by atoms with Crippen molar-refractivity contribution in [3.63, 3.8) is 0 Å². The molecule has 0 aliphatic heterocycles. The molecule has 0 saturated heterocycles. The lowest BCUT2D eigenvalue weighted by Crippen LogP contribution is -2.33. The summed E-state index contributed by atoms with van der Waals surface area (Å²) in [5.41, 5.74) is 8.33. The van der Waals surface area contributed by atoms with Gasteiger partial charge in [-0.3, -0.25) is 14.8 Å². The number of halogens is 2. The lowest BCUT2D eigenvalue weighted by atomic mass is 10.2. The molecule has 0 saturated carbocycles. The number of carbonyl (C=O) groups is 1. The van der Waals surface area contributed by atoms with Crippen LogP contribution in [0.4, 0.5) is 5.69 Å². The van der Waals surface area contributed by atoms with Crippen molar-refractivity contribution in [3.8, 4) is 0 Å². The third-order valence-electron chi connectivity index (χ3n) is 3.58. The number of hydrogen-bond donors (Lipinski definition) is 3. The second-order valence-corrected chi connectivity index (χ2v) is 5.88. The minimum absolute atomic E-state index is 0. The largest absolute Gasteiger partial charge is 0.370 e. The normalized spacial score (nSPS) is 10.8. The number of nitrogens with two attached hydrogens (primary N) is 1. The standard InChI is InChI=1S/C18H22ClN5O.HI/c1-13-15(19)6-4-7-16(13)24-17(25)9-12-23-18(20)22-11-8-14-5-2-3-10-21-14;/h2-7,10H,8-9,11-12H2,1H3,(H,24,25)(H3,20,22,23);1H. The molecule has 140 valence electrons. The van der Waals surface area contributed by atoms with Crippen LogP contribution < -0.4 is 16.4 Å². The van der Waals surface area contributed by atoms with E-state index in [9.17, 15) is 4.79 Å². The number of pyridine rings is 1. The van der Waals surface area contributed by atoms with E-state index in [1.165, 1.54) is 0 Å². The van der Waals surface area contributed by atoms with Crippen LogP contribution in [0.2, 0.25) is 5.02 Å². The van der Waals surface area contributed by atoms with Crippen molar-refractivity contribution in [2.75, 3.05) is 18.4 Å². The zero-order valence-electron chi connectivity index (χ0n) is 14.5.